The average Bonchev–Trinajstić information content (AvgIpc) is 2.97. The molecule has 21 heavy (non-hydrogen) atoms. The number of hydrogen-bond donors (Lipinski definition) is 3. The number of non-ortho nitro benzene ring substituents is 1. The van der Waals surface area contributed by atoms with Crippen LogP contribution in [0.2, 0.25) is 0 Å². The number of thiophene rings is 1. The molecule has 0 unspecified atom stereocenters. The molecule has 0 atom stereocenters. The van der Waals surface area contributed by atoms with Gasteiger partial charge in [-0.3, -0.25) is 16.0 Å². The van der Waals surface area contributed by atoms with Crippen molar-refractivity contribution in [1.29, 1.82) is 0 Å². The molecule has 2 aromatic rings. The zero-order valence-electron chi connectivity index (χ0n) is 10.6. The third-order valence-corrected chi connectivity index (χ3v) is 4.97. The summed E-state index contributed by atoms with van der Waals surface area (Å²) in [5.41, 5.74) is 1.88. The van der Waals surface area contributed by atoms with Crippen molar-refractivity contribution in [1.82, 2.24) is 4.72 Å². The Kier molecular flexibility index (Phi) is 4.53. The molecule has 0 aliphatic rings. The number of anilines is 1. The first-order valence-electron chi connectivity index (χ1n) is 5.71. The number of nitro benzene ring substituents is 1. The van der Waals surface area contributed by atoms with Gasteiger partial charge in [-0.2, -0.15) is 0 Å². The summed E-state index contributed by atoms with van der Waals surface area (Å²) in [5, 5.41) is 12.5. The van der Waals surface area contributed by atoms with Gasteiger partial charge >= 0.3 is 0 Å². The molecule has 0 aliphatic carbocycles. The highest BCUT2D eigenvalue weighted by atomic mass is 32.2. The van der Waals surface area contributed by atoms with Crippen molar-refractivity contribution in [2.24, 2.45) is 5.84 Å². The first-order valence-corrected chi connectivity index (χ1v) is 8.07. The maximum atomic E-state index is 12.2. The van der Waals surface area contributed by atoms with E-state index in [1.165, 1.54) is 11.3 Å². The van der Waals surface area contributed by atoms with Crippen molar-refractivity contribution in [3.63, 3.8) is 0 Å². The van der Waals surface area contributed by atoms with E-state index in [0.717, 1.165) is 23.1 Å². The molecule has 0 bridgehead atoms. The minimum atomic E-state index is -3.83. The lowest BCUT2D eigenvalue weighted by molar-refractivity contribution is -0.384. The summed E-state index contributed by atoms with van der Waals surface area (Å²) in [7, 11) is -3.83. The summed E-state index contributed by atoms with van der Waals surface area (Å²) in [6, 6.07) is 6.93. The highest BCUT2D eigenvalue weighted by molar-refractivity contribution is 7.89. The highest BCUT2D eigenvalue weighted by Crippen LogP contribution is 2.25. The topological polar surface area (TPSA) is 127 Å². The van der Waals surface area contributed by atoms with Crippen molar-refractivity contribution in [2.75, 3.05) is 5.43 Å². The first-order chi connectivity index (χ1) is 9.94. The van der Waals surface area contributed by atoms with Gasteiger partial charge in [0.15, 0.2) is 0 Å². The van der Waals surface area contributed by atoms with Crippen LogP contribution in [0.25, 0.3) is 0 Å². The Bertz CT molecular complexity index is 744. The lowest BCUT2D eigenvalue weighted by Gasteiger charge is -2.10. The molecule has 0 radical (unpaired) electrons. The zero-order chi connectivity index (χ0) is 15.5. The number of nitrogens with two attached hydrogens (primary N) is 1. The molecular formula is C11H12N4O4S2. The number of hydrazine groups is 1. The molecule has 0 fully saturated rings. The molecule has 1 aromatic carbocycles. The van der Waals surface area contributed by atoms with Crippen LogP contribution in [0.4, 0.5) is 11.4 Å². The standard InChI is InChI=1S/C11H12N4O4S2/c12-14-10-6-8(15(16)17)3-4-11(10)21(18,19)13-7-9-2-1-5-20-9/h1-6,13-14H,7,12H2. The fourth-order valence-corrected chi connectivity index (χ4v) is 3.53. The minimum absolute atomic E-state index is 0.0390. The number of nitrogens with zero attached hydrogens (tertiary/aromatic N) is 1. The number of hydrogen-bond acceptors (Lipinski definition) is 7. The van der Waals surface area contributed by atoms with E-state index in [0.29, 0.717) is 0 Å². The molecule has 8 nitrogen and oxygen atoms in total. The predicted octanol–water partition coefficient (Wildman–Crippen LogP) is 1.42. The van der Waals surface area contributed by atoms with Crippen LogP contribution in [0.5, 0.6) is 0 Å². The quantitative estimate of drug-likeness (QED) is 0.418. The van der Waals surface area contributed by atoms with Gasteiger partial charge in [0, 0.05) is 23.6 Å². The Morgan fingerprint density at radius 3 is 2.67 bits per heavy atom. The van der Waals surface area contributed by atoms with E-state index >= 15 is 0 Å². The molecule has 2 rings (SSSR count). The van der Waals surface area contributed by atoms with E-state index in [1.54, 1.807) is 6.07 Å². The first kappa shape index (κ1) is 15.4. The Labute approximate surface area is 124 Å². The largest absolute Gasteiger partial charge is 0.323 e. The predicted molar refractivity (Wildman–Crippen MR) is 79.3 cm³/mol. The van der Waals surface area contributed by atoms with Crippen LogP contribution < -0.4 is 16.0 Å². The van der Waals surface area contributed by atoms with Gasteiger partial charge in [0.25, 0.3) is 5.69 Å². The maximum Gasteiger partial charge on any atom is 0.271 e. The van der Waals surface area contributed by atoms with Gasteiger partial charge in [-0.15, -0.1) is 11.3 Å². The number of benzene rings is 1. The lowest BCUT2D eigenvalue weighted by Crippen LogP contribution is -2.24. The second kappa shape index (κ2) is 6.18. The molecule has 0 aliphatic heterocycles. The summed E-state index contributed by atoms with van der Waals surface area (Å²) in [6.45, 7) is 0.140. The summed E-state index contributed by atoms with van der Waals surface area (Å²) >= 11 is 1.42. The Hall–Kier alpha value is -2.01. The summed E-state index contributed by atoms with van der Waals surface area (Å²) < 4.78 is 26.9. The van der Waals surface area contributed by atoms with Crippen molar-refractivity contribution in [2.45, 2.75) is 11.4 Å². The summed E-state index contributed by atoms with van der Waals surface area (Å²) in [4.78, 5) is 10.8. The van der Waals surface area contributed by atoms with E-state index in [2.05, 4.69) is 10.1 Å². The van der Waals surface area contributed by atoms with Crippen LogP contribution in [0, 0.1) is 10.1 Å². The van der Waals surface area contributed by atoms with Crippen molar-refractivity contribution >= 4 is 32.7 Å². The summed E-state index contributed by atoms with van der Waals surface area (Å²) in [5.74, 6) is 5.24. The number of nitro groups is 1. The molecule has 1 aromatic heterocycles. The van der Waals surface area contributed by atoms with Crippen LogP contribution in [0.3, 0.4) is 0 Å². The van der Waals surface area contributed by atoms with Crippen molar-refractivity contribution in [3.8, 4) is 0 Å². The van der Waals surface area contributed by atoms with E-state index in [4.69, 9.17) is 5.84 Å². The normalized spacial score (nSPS) is 11.3. The molecular weight excluding hydrogens is 316 g/mol. The SMILES string of the molecule is NNc1cc([N+](=O)[O-])ccc1S(=O)(=O)NCc1cccs1. The second-order valence-electron chi connectivity index (χ2n) is 3.99. The van der Waals surface area contributed by atoms with E-state index in [-0.39, 0.29) is 22.8 Å². The van der Waals surface area contributed by atoms with Crippen molar-refractivity contribution in [3.05, 3.63) is 50.7 Å². The molecule has 0 spiro atoms. The Balaban J connectivity index is 2.28. The molecule has 0 saturated heterocycles. The lowest BCUT2D eigenvalue weighted by atomic mass is 10.3. The van der Waals surface area contributed by atoms with Crippen LogP contribution in [0.1, 0.15) is 4.88 Å². The van der Waals surface area contributed by atoms with Crippen LogP contribution in [-0.2, 0) is 16.6 Å². The number of sulfonamides is 1. The number of nitrogen functional groups attached to an aromatic ring is 1. The molecule has 10 heteroatoms. The number of nitrogens with one attached hydrogen (secondary N) is 2. The van der Waals surface area contributed by atoms with Crippen LogP contribution in [-0.4, -0.2) is 13.3 Å². The Morgan fingerprint density at radius 1 is 1.33 bits per heavy atom. The van der Waals surface area contributed by atoms with Crippen LogP contribution >= 0.6 is 11.3 Å². The van der Waals surface area contributed by atoms with Gasteiger partial charge in [-0.1, -0.05) is 6.07 Å². The average molecular weight is 328 g/mol. The zero-order valence-corrected chi connectivity index (χ0v) is 12.3. The fraction of sp³-hybridized carbons (Fsp3) is 0.0909. The van der Waals surface area contributed by atoms with Gasteiger partial charge < -0.3 is 5.43 Å². The van der Waals surface area contributed by atoms with Gasteiger partial charge in [-0.05, 0) is 17.5 Å². The van der Waals surface area contributed by atoms with Crippen molar-refractivity contribution < 1.29 is 13.3 Å². The van der Waals surface area contributed by atoms with Gasteiger partial charge in [0.2, 0.25) is 10.0 Å². The van der Waals surface area contributed by atoms with Crippen LogP contribution in [0.15, 0.2) is 40.6 Å². The Morgan fingerprint density at radius 2 is 2.10 bits per heavy atom. The van der Waals surface area contributed by atoms with Gasteiger partial charge in [0.1, 0.15) is 4.90 Å². The van der Waals surface area contributed by atoms with E-state index < -0.39 is 14.9 Å². The molecule has 0 saturated carbocycles. The summed E-state index contributed by atoms with van der Waals surface area (Å²) in [6.07, 6.45) is 0. The molecule has 112 valence electrons. The second-order valence-corrected chi connectivity index (χ2v) is 6.75. The van der Waals surface area contributed by atoms with Gasteiger partial charge in [-0.25, -0.2) is 13.1 Å². The smallest absolute Gasteiger partial charge is 0.271 e. The molecule has 4 N–H and O–H groups in total. The van der Waals surface area contributed by atoms with Gasteiger partial charge in [0.05, 0.1) is 10.6 Å². The fourth-order valence-electron chi connectivity index (χ4n) is 1.64. The third-order valence-electron chi connectivity index (χ3n) is 2.64. The number of rotatable bonds is 6. The monoisotopic (exact) mass is 328 g/mol. The van der Waals surface area contributed by atoms with E-state index in [9.17, 15) is 18.5 Å². The minimum Gasteiger partial charge on any atom is -0.323 e. The van der Waals surface area contributed by atoms with E-state index in [1.807, 2.05) is 11.4 Å². The third kappa shape index (κ3) is 3.55. The molecule has 1 heterocycles. The molecule has 0 amide bonds. The highest BCUT2D eigenvalue weighted by Gasteiger charge is 2.21. The maximum absolute atomic E-state index is 12.2.